The molecule has 3 heterocycles. The van der Waals surface area contributed by atoms with Crippen molar-refractivity contribution < 1.29 is 27.8 Å². The van der Waals surface area contributed by atoms with Crippen molar-refractivity contribution >= 4 is 11.7 Å². The normalized spacial score (nSPS) is 18.6. The number of alkyl halides is 2. The highest BCUT2D eigenvalue weighted by Crippen LogP contribution is 2.41. The molecule has 0 aliphatic carbocycles. The monoisotopic (exact) mass is 486 g/mol. The van der Waals surface area contributed by atoms with Crippen LogP contribution < -0.4 is 10.1 Å². The fourth-order valence-corrected chi connectivity index (χ4v) is 3.98. The van der Waals surface area contributed by atoms with E-state index in [1.807, 2.05) is 0 Å². The first-order valence-corrected chi connectivity index (χ1v) is 11.1. The maximum atomic E-state index is 14.7. The van der Waals surface area contributed by atoms with Crippen molar-refractivity contribution in [3.8, 4) is 11.5 Å². The number of pyridine rings is 2. The van der Waals surface area contributed by atoms with Crippen LogP contribution in [0, 0.1) is 5.82 Å². The predicted molar refractivity (Wildman–Crippen MR) is 123 cm³/mol. The van der Waals surface area contributed by atoms with E-state index in [1.165, 1.54) is 48.8 Å². The molecule has 0 bridgehead atoms. The van der Waals surface area contributed by atoms with E-state index in [1.54, 1.807) is 24.0 Å². The standard InChI is InChI=1S/C25H25F3N4O3/c1-16(32-11-9-25(27,28)22(14-32)17-8-10-29-19(12-17)15-33)24(34)31-23-7-6-21(13-30-23)35-20-4-2-18(26)3-5-20/h2-8,10,12-13,16,22,33H,9,11,14-15H2,1H3,(H,30,31,34). The number of rotatable bonds is 7. The first kappa shape index (κ1) is 24.6. The van der Waals surface area contributed by atoms with Gasteiger partial charge < -0.3 is 15.2 Å². The maximum absolute atomic E-state index is 14.7. The Balaban J connectivity index is 1.39. The minimum absolute atomic E-state index is 0.0195. The van der Waals surface area contributed by atoms with E-state index >= 15 is 0 Å². The van der Waals surface area contributed by atoms with Crippen LogP contribution in [0.25, 0.3) is 0 Å². The number of hydrogen-bond donors (Lipinski definition) is 2. The number of nitrogens with one attached hydrogen (secondary N) is 1. The second-order valence-electron chi connectivity index (χ2n) is 8.40. The average Bonchev–Trinajstić information content (AvgIpc) is 2.86. The average molecular weight is 486 g/mol. The summed E-state index contributed by atoms with van der Waals surface area (Å²) in [5, 5.41) is 12.0. The van der Waals surface area contributed by atoms with Crippen molar-refractivity contribution in [2.75, 3.05) is 18.4 Å². The summed E-state index contributed by atoms with van der Waals surface area (Å²) < 4.78 is 48.1. The summed E-state index contributed by atoms with van der Waals surface area (Å²) >= 11 is 0. The number of anilines is 1. The number of hydrogen-bond acceptors (Lipinski definition) is 6. The van der Waals surface area contributed by atoms with Gasteiger partial charge in [0.1, 0.15) is 23.1 Å². The van der Waals surface area contributed by atoms with E-state index in [-0.39, 0.29) is 43.7 Å². The van der Waals surface area contributed by atoms with E-state index < -0.39 is 17.9 Å². The molecule has 0 radical (unpaired) electrons. The number of amides is 1. The van der Waals surface area contributed by atoms with Crippen LogP contribution >= 0.6 is 0 Å². The first-order chi connectivity index (χ1) is 16.7. The number of aliphatic hydroxyl groups is 1. The molecule has 2 aromatic heterocycles. The van der Waals surface area contributed by atoms with Crippen LogP contribution in [0.5, 0.6) is 11.5 Å². The van der Waals surface area contributed by atoms with Gasteiger partial charge in [0.15, 0.2) is 0 Å². The Labute approximate surface area is 200 Å². The zero-order valence-electron chi connectivity index (χ0n) is 19.0. The van der Waals surface area contributed by atoms with Crippen molar-refractivity contribution in [2.45, 2.75) is 37.8 Å². The van der Waals surface area contributed by atoms with Gasteiger partial charge in [0.2, 0.25) is 5.91 Å². The second kappa shape index (κ2) is 10.4. The molecule has 35 heavy (non-hydrogen) atoms. The van der Waals surface area contributed by atoms with E-state index in [4.69, 9.17) is 4.74 Å². The molecule has 1 aromatic carbocycles. The van der Waals surface area contributed by atoms with Crippen LogP contribution in [-0.2, 0) is 11.4 Å². The number of benzene rings is 1. The molecule has 2 atom stereocenters. The van der Waals surface area contributed by atoms with E-state index in [0.29, 0.717) is 22.8 Å². The Morgan fingerprint density at radius 3 is 2.63 bits per heavy atom. The molecule has 1 fully saturated rings. The van der Waals surface area contributed by atoms with Gasteiger partial charge in [-0.3, -0.25) is 14.7 Å². The van der Waals surface area contributed by atoms with E-state index in [0.717, 1.165) is 0 Å². The summed E-state index contributed by atoms with van der Waals surface area (Å²) in [6.07, 6.45) is 2.43. The van der Waals surface area contributed by atoms with E-state index in [2.05, 4.69) is 15.3 Å². The zero-order chi connectivity index (χ0) is 25.0. The lowest BCUT2D eigenvalue weighted by Gasteiger charge is -2.40. The minimum atomic E-state index is -2.94. The van der Waals surface area contributed by atoms with Crippen LogP contribution in [0.4, 0.5) is 19.0 Å². The van der Waals surface area contributed by atoms with Gasteiger partial charge in [-0.1, -0.05) is 0 Å². The highest BCUT2D eigenvalue weighted by molar-refractivity contribution is 5.93. The van der Waals surface area contributed by atoms with Gasteiger partial charge in [0.25, 0.3) is 5.92 Å². The third-order valence-corrected chi connectivity index (χ3v) is 6.03. The molecule has 184 valence electrons. The topological polar surface area (TPSA) is 87.6 Å². The molecule has 10 heteroatoms. The van der Waals surface area contributed by atoms with Crippen molar-refractivity contribution in [1.29, 1.82) is 0 Å². The van der Waals surface area contributed by atoms with Crippen LogP contribution in [0.1, 0.15) is 30.5 Å². The molecule has 1 aliphatic rings. The number of aromatic nitrogens is 2. The zero-order valence-corrected chi connectivity index (χ0v) is 19.0. The highest BCUT2D eigenvalue weighted by Gasteiger charge is 2.46. The van der Waals surface area contributed by atoms with Crippen LogP contribution in [-0.4, -0.2) is 50.9 Å². The number of aliphatic hydroxyl groups excluding tert-OH is 1. The molecule has 3 aromatic rings. The molecule has 7 nitrogen and oxygen atoms in total. The van der Waals surface area contributed by atoms with Gasteiger partial charge in [-0.25, -0.2) is 18.2 Å². The molecule has 4 rings (SSSR count). The smallest absolute Gasteiger partial charge is 0.257 e. The number of piperidine rings is 1. The van der Waals surface area contributed by atoms with Gasteiger partial charge in [0.05, 0.1) is 30.5 Å². The molecule has 1 aliphatic heterocycles. The SMILES string of the molecule is CC(C(=O)Nc1ccc(Oc2ccc(F)cc2)cn1)N1CCC(F)(F)C(c2ccnc(CO)c2)C1. The van der Waals surface area contributed by atoms with Gasteiger partial charge in [-0.05, 0) is 61.0 Å². The molecular formula is C25H25F3N4O3. The third-order valence-electron chi connectivity index (χ3n) is 6.03. The van der Waals surface area contributed by atoms with Crippen LogP contribution in [0.2, 0.25) is 0 Å². The number of halogens is 3. The lowest BCUT2D eigenvalue weighted by atomic mass is 9.86. The Morgan fingerprint density at radius 2 is 1.94 bits per heavy atom. The van der Waals surface area contributed by atoms with Gasteiger partial charge in [0, 0.05) is 25.7 Å². The van der Waals surface area contributed by atoms with Gasteiger partial charge in [-0.15, -0.1) is 0 Å². The molecule has 0 spiro atoms. The Kier molecular flexibility index (Phi) is 7.32. The summed E-state index contributed by atoms with van der Waals surface area (Å²) in [4.78, 5) is 22.7. The molecule has 0 saturated carbocycles. The summed E-state index contributed by atoms with van der Waals surface area (Å²) in [5.74, 6) is -3.68. The predicted octanol–water partition coefficient (Wildman–Crippen LogP) is 4.35. The molecule has 1 amide bonds. The highest BCUT2D eigenvalue weighted by atomic mass is 19.3. The number of carbonyl (C=O) groups is 1. The first-order valence-electron chi connectivity index (χ1n) is 11.1. The number of likely N-dealkylation sites (tertiary alicyclic amines) is 1. The second-order valence-corrected chi connectivity index (χ2v) is 8.40. The van der Waals surface area contributed by atoms with Crippen LogP contribution in [0.3, 0.4) is 0 Å². The minimum Gasteiger partial charge on any atom is -0.456 e. The fraction of sp³-hybridized carbons (Fsp3) is 0.320. The Morgan fingerprint density at radius 1 is 1.20 bits per heavy atom. The number of nitrogens with zero attached hydrogens (tertiary/aromatic N) is 3. The maximum Gasteiger partial charge on any atom is 0.257 e. The van der Waals surface area contributed by atoms with Gasteiger partial charge in [-0.2, -0.15) is 0 Å². The lowest BCUT2D eigenvalue weighted by molar-refractivity contribution is -0.125. The summed E-state index contributed by atoms with van der Waals surface area (Å²) in [6, 6.07) is 11.0. The summed E-state index contributed by atoms with van der Waals surface area (Å²) in [5.41, 5.74) is 0.698. The lowest BCUT2D eigenvalue weighted by Crippen LogP contribution is -2.52. The van der Waals surface area contributed by atoms with Crippen molar-refractivity contribution in [3.63, 3.8) is 0 Å². The summed E-state index contributed by atoms with van der Waals surface area (Å²) in [6.45, 7) is 1.37. The van der Waals surface area contributed by atoms with E-state index in [9.17, 15) is 23.1 Å². The molecule has 2 N–H and O–H groups in total. The van der Waals surface area contributed by atoms with Crippen molar-refractivity contribution in [3.05, 3.63) is 78.0 Å². The Bertz CT molecular complexity index is 1160. The van der Waals surface area contributed by atoms with Crippen molar-refractivity contribution in [2.24, 2.45) is 0 Å². The Hall–Kier alpha value is -3.50. The summed E-state index contributed by atoms with van der Waals surface area (Å²) in [7, 11) is 0. The molecule has 2 unspecified atom stereocenters. The molecular weight excluding hydrogens is 461 g/mol. The number of ether oxygens (including phenoxy) is 1. The number of carbonyl (C=O) groups excluding carboxylic acids is 1. The van der Waals surface area contributed by atoms with Gasteiger partial charge >= 0.3 is 0 Å². The fourth-order valence-electron chi connectivity index (χ4n) is 3.98. The van der Waals surface area contributed by atoms with Crippen molar-refractivity contribution in [1.82, 2.24) is 14.9 Å². The third kappa shape index (κ3) is 5.95. The van der Waals surface area contributed by atoms with Crippen LogP contribution in [0.15, 0.2) is 60.9 Å². The quantitative estimate of drug-likeness (QED) is 0.516. The molecule has 1 saturated heterocycles. The largest absolute Gasteiger partial charge is 0.456 e.